The summed E-state index contributed by atoms with van der Waals surface area (Å²) < 4.78 is 42.4. The van der Waals surface area contributed by atoms with Gasteiger partial charge in [-0.25, -0.2) is 0 Å². The van der Waals surface area contributed by atoms with Gasteiger partial charge in [0, 0.05) is 18.2 Å². The Morgan fingerprint density at radius 2 is 1.76 bits per heavy atom. The molecule has 0 aliphatic heterocycles. The zero-order chi connectivity index (χ0) is 21.6. The van der Waals surface area contributed by atoms with Crippen molar-refractivity contribution in [3.63, 3.8) is 0 Å². The summed E-state index contributed by atoms with van der Waals surface area (Å²) in [5.74, 6) is -1.30. The Hall–Kier alpha value is -3.63. The number of hydrogen-bond donors (Lipinski definition) is 2. The SMILES string of the molecule is COc1ccc(C(=O)NCC(=O)NCc2ccc(C(F)(F)F)cc2)cc1[N+](=O)[O-]. The number of halogens is 3. The van der Waals surface area contributed by atoms with E-state index in [0.29, 0.717) is 5.56 Å². The molecule has 29 heavy (non-hydrogen) atoms. The molecule has 0 saturated heterocycles. The van der Waals surface area contributed by atoms with Crippen molar-refractivity contribution >= 4 is 17.5 Å². The molecule has 2 aromatic rings. The van der Waals surface area contributed by atoms with Crippen LogP contribution in [-0.4, -0.2) is 30.4 Å². The lowest BCUT2D eigenvalue weighted by molar-refractivity contribution is -0.385. The first-order valence-corrected chi connectivity index (χ1v) is 8.15. The third-order valence-corrected chi connectivity index (χ3v) is 3.82. The highest BCUT2D eigenvalue weighted by Crippen LogP contribution is 2.29. The molecule has 2 N–H and O–H groups in total. The van der Waals surface area contributed by atoms with Crippen LogP contribution in [0.2, 0.25) is 0 Å². The third-order valence-electron chi connectivity index (χ3n) is 3.82. The zero-order valence-corrected chi connectivity index (χ0v) is 15.1. The van der Waals surface area contributed by atoms with Crippen molar-refractivity contribution in [2.24, 2.45) is 0 Å². The minimum atomic E-state index is -4.44. The van der Waals surface area contributed by atoms with Crippen LogP contribution in [0.5, 0.6) is 5.75 Å². The number of ether oxygens (including phenoxy) is 1. The fraction of sp³-hybridized carbons (Fsp3) is 0.222. The molecule has 2 amide bonds. The molecule has 0 spiro atoms. The Morgan fingerprint density at radius 1 is 1.10 bits per heavy atom. The molecule has 8 nitrogen and oxygen atoms in total. The number of alkyl halides is 3. The summed E-state index contributed by atoms with van der Waals surface area (Å²) in [6.07, 6.45) is -4.44. The highest BCUT2D eigenvalue weighted by Gasteiger charge is 2.29. The molecule has 0 aliphatic rings. The zero-order valence-electron chi connectivity index (χ0n) is 15.1. The van der Waals surface area contributed by atoms with Crippen molar-refractivity contribution in [3.8, 4) is 5.75 Å². The van der Waals surface area contributed by atoms with Crippen LogP contribution in [0.15, 0.2) is 42.5 Å². The highest BCUT2D eigenvalue weighted by atomic mass is 19.4. The number of nitrogens with one attached hydrogen (secondary N) is 2. The van der Waals surface area contributed by atoms with E-state index in [9.17, 15) is 32.9 Å². The number of benzene rings is 2. The third kappa shape index (κ3) is 5.92. The topological polar surface area (TPSA) is 111 Å². The van der Waals surface area contributed by atoms with E-state index >= 15 is 0 Å². The lowest BCUT2D eigenvalue weighted by Crippen LogP contribution is -2.36. The van der Waals surface area contributed by atoms with E-state index in [2.05, 4.69) is 10.6 Å². The Balaban J connectivity index is 1.88. The van der Waals surface area contributed by atoms with Crippen molar-refractivity contribution < 1.29 is 32.4 Å². The molecule has 0 heterocycles. The number of rotatable bonds is 7. The molecule has 0 radical (unpaired) electrons. The van der Waals surface area contributed by atoms with Gasteiger partial charge >= 0.3 is 11.9 Å². The molecule has 11 heteroatoms. The molecule has 0 bridgehead atoms. The van der Waals surface area contributed by atoms with Gasteiger partial charge in [0.15, 0.2) is 5.75 Å². The Kier molecular flexibility index (Phi) is 6.75. The second-order valence-corrected chi connectivity index (χ2v) is 5.80. The van der Waals surface area contributed by atoms with Crippen LogP contribution >= 0.6 is 0 Å². The van der Waals surface area contributed by atoms with Crippen molar-refractivity contribution in [3.05, 3.63) is 69.3 Å². The van der Waals surface area contributed by atoms with E-state index < -0.39 is 40.7 Å². The van der Waals surface area contributed by atoms with Gasteiger partial charge in [-0.3, -0.25) is 19.7 Å². The maximum absolute atomic E-state index is 12.5. The van der Waals surface area contributed by atoms with Gasteiger partial charge in [-0.15, -0.1) is 0 Å². The lowest BCUT2D eigenvalue weighted by Gasteiger charge is -2.09. The summed E-state index contributed by atoms with van der Waals surface area (Å²) in [6.45, 7) is -0.444. The first-order chi connectivity index (χ1) is 13.6. The summed E-state index contributed by atoms with van der Waals surface area (Å²) >= 11 is 0. The van der Waals surface area contributed by atoms with E-state index in [1.807, 2.05) is 0 Å². The summed E-state index contributed by atoms with van der Waals surface area (Å²) in [5.41, 5.74) is -0.781. The van der Waals surface area contributed by atoms with Gasteiger partial charge in [-0.05, 0) is 29.8 Å². The average Bonchev–Trinajstić information content (AvgIpc) is 2.69. The van der Waals surface area contributed by atoms with Crippen molar-refractivity contribution in [1.82, 2.24) is 10.6 Å². The van der Waals surface area contributed by atoms with Crippen LogP contribution in [0.4, 0.5) is 18.9 Å². The van der Waals surface area contributed by atoms with Gasteiger partial charge < -0.3 is 15.4 Å². The standard InChI is InChI=1S/C18H16F3N3O5/c1-29-15-7-4-12(8-14(15)24(27)28)17(26)23-10-16(25)22-9-11-2-5-13(6-3-11)18(19,20)21/h2-8H,9-10H2,1H3,(H,22,25)(H,23,26). The predicted molar refractivity (Wildman–Crippen MR) is 95.3 cm³/mol. The quantitative estimate of drug-likeness (QED) is 0.538. The van der Waals surface area contributed by atoms with E-state index in [4.69, 9.17) is 4.74 Å². The molecule has 2 aromatic carbocycles. The summed E-state index contributed by atoms with van der Waals surface area (Å²) in [7, 11) is 1.25. The normalized spacial score (nSPS) is 10.9. The largest absolute Gasteiger partial charge is 0.490 e. The maximum atomic E-state index is 12.5. The number of methoxy groups -OCH3 is 1. The van der Waals surface area contributed by atoms with E-state index in [1.54, 1.807) is 0 Å². The first-order valence-electron chi connectivity index (χ1n) is 8.15. The molecular formula is C18H16F3N3O5. The number of carbonyl (C=O) groups excluding carboxylic acids is 2. The van der Waals surface area contributed by atoms with Gasteiger partial charge in [0.1, 0.15) is 0 Å². The van der Waals surface area contributed by atoms with Crippen LogP contribution < -0.4 is 15.4 Å². The molecule has 0 saturated carbocycles. The Morgan fingerprint density at radius 3 is 2.31 bits per heavy atom. The van der Waals surface area contributed by atoms with Crippen molar-refractivity contribution in [2.75, 3.05) is 13.7 Å². The van der Waals surface area contributed by atoms with Crippen molar-refractivity contribution in [2.45, 2.75) is 12.7 Å². The summed E-state index contributed by atoms with van der Waals surface area (Å²) in [6, 6.07) is 7.86. The Labute approximate surface area is 162 Å². The van der Waals surface area contributed by atoms with Crippen LogP contribution in [0.1, 0.15) is 21.5 Å². The van der Waals surface area contributed by atoms with E-state index in [0.717, 1.165) is 18.2 Å². The predicted octanol–water partition coefficient (Wildman–Crippen LogP) is 2.67. The van der Waals surface area contributed by atoms with Gasteiger partial charge in [0.2, 0.25) is 5.91 Å². The van der Waals surface area contributed by atoms with Crippen LogP contribution in [-0.2, 0) is 17.5 Å². The smallest absolute Gasteiger partial charge is 0.416 e. The number of hydrogen-bond acceptors (Lipinski definition) is 5. The molecular weight excluding hydrogens is 395 g/mol. The summed E-state index contributed by atoms with van der Waals surface area (Å²) in [4.78, 5) is 34.2. The van der Waals surface area contributed by atoms with Crippen LogP contribution in [0.3, 0.4) is 0 Å². The second kappa shape index (κ2) is 9.04. The molecule has 0 unspecified atom stereocenters. The summed E-state index contributed by atoms with van der Waals surface area (Å²) in [5, 5.41) is 15.7. The average molecular weight is 411 g/mol. The number of nitrogens with zero attached hydrogens (tertiary/aromatic N) is 1. The molecule has 0 aliphatic carbocycles. The van der Waals surface area contributed by atoms with E-state index in [-0.39, 0.29) is 17.9 Å². The van der Waals surface area contributed by atoms with Gasteiger partial charge in [-0.1, -0.05) is 12.1 Å². The first kappa shape index (κ1) is 21.7. The number of carbonyl (C=O) groups is 2. The minimum absolute atomic E-state index is 0.0131. The van der Waals surface area contributed by atoms with E-state index in [1.165, 1.54) is 31.4 Å². The highest BCUT2D eigenvalue weighted by molar-refractivity contribution is 5.97. The van der Waals surface area contributed by atoms with Gasteiger partial charge in [0.05, 0.1) is 24.1 Å². The monoisotopic (exact) mass is 411 g/mol. The van der Waals surface area contributed by atoms with Crippen LogP contribution in [0, 0.1) is 10.1 Å². The molecule has 154 valence electrons. The minimum Gasteiger partial charge on any atom is -0.490 e. The number of nitro benzene ring substituents is 1. The maximum Gasteiger partial charge on any atom is 0.416 e. The van der Waals surface area contributed by atoms with Crippen LogP contribution in [0.25, 0.3) is 0 Å². The molecule has 0 fully saturated rings. The molecule has 0 aromatic heterocycles. The molecule has 2 rings (SSSR count). The molecule has 0 atom stereocenters. The lowest BCUT2D eigenvalue weighted by atomic mass is 10.1. The second-order valence-electron chi connectivity index (χ2n) is 5.80. The fourth-order valence-corrected chi connectivity index (χ4v) is 2.31. The fourth-order valence-electron chi connectivity index (χ4n) is 2.31. The van der Waals surface area contributed by atoms with Gasteiger partial charge in [-0.2, -0.15) is 13.2 Å². The van der Waals surface area contributed by atoms with Gasteiger partial charge in [0.25, 0.3) is 5.91 Å². The Bertz CT molecular complexity index is 914. The number of nitro groups is 1. The van der Waals surface area contributed by atoms with Crippen molar-refractivity contribution in [1.29, 1.82) is 0 Å². The number of amides is 2.